The third-order valence-corrected chi connectivity index (χ3v) is 2.01. The van der Waals surface area contributed by atoms with Crippen molar-refractivity contribution in [3.8, 4) is 0 Å². The highest BCUT2D eigenvalue weighted by Gasteiger charge is 2.33. The Hall–Kier alpha value is -1.04. The number of nitrogens with zero attached hydrogens (tertiary/aromatic N) is 1. The fourth-order valence-corrected chi connectivity index (χ4v) is 1.31. The van der Waals surface area contributed by atoms with Gasteiger partial charge >= 0.3 is 6.18 Å². The summed E-state index contributed by atoms with van der Waals surface area (Å²) >= 11 is 2.93. The molecule has 0 aliphatic carbocycles. The van der Waals surface area contributed by atoms with Crippen LogP contribution >= 0.6 is 15.9 Å². The van der Waals surface area contributed by atoms with Gasteiger partial charge in [0.15, 0.2) is 0 Å². The van der Waals surface area contributed by atoms with Gasteiger partial charge in [-0.3, -0.25) is 0 Å². The van der Waals surface area contributed by atoms with Crippen LogP contribution in [-0.4, -0.2) is 11.4 Å². The maximum Gasteiger partial charge on any atom is 0.417 e. The second-order valence-corrected chi connectivity index (χ2v) is 3.39. The smallest absolute Gasteiger partial charge is 0.411 e. The van der Waals surface area contributed by atoms with E-state index in [1.54, 1.807) is 0 Å². The van der Waals surface area contributed by atoms with Crippen LogP contribution in [0.25, 0.3) is 0 Å². The van der Waals surface area contributed by atoms with Crippen LogP contribution in [0.4, 0.5) is 13.2 Å². The summed E-state index contributed by atoms with van der Waals surface area (Å²) in [7, 11) is 0. The second kappa shape index (κ2) is 4.00. The minimum absolute atomic E-state index is 0.178. The topological polar surface area (TPSA) is 32.6 Å². The van der Waals surface area contributed by atoms with Crippen molar-refractivity contribution < 1.29 is 18.4 Å². The lowest BCUT2D eigenvalue weighted by Gasteiger charge is -2.09. The van der Waals surface area contributed by atoms with Crippen LogP contribution in [0, 0.1) is 0 Å². The number of halogens is 4. The minimum Gasteiger partial charge on any atom is -0.411 e. The molecule has 0 unspecified atom stereocenters. The van der Waals surface area contributed by atoms with Crippen molar-refractivity contribution in [3.05, 3.63) is 33.8 Å². The molecule has 0 spiro atoms. The maximum absolute atomic E-state index is 12.4. The normalized spacial score (nSPS) is 12.3. The Bertz CT molecular complexity index is 362. The van der Waals surface area contributed by atoms with E-state index in [0.717, 1.165) is 12.3 Å². The predicted octanol–water partition coefficient (Wildman–Crippen LogP) is 3.28. The van der Waals surface area contributed by atoms with E-state index in [0.29, 0.717) is 4.47 Å². The van der Waals surface area contributed by atoms with Gasteiger partial charge in [0.1, 0.15) is 0 Å². The summed E-state index contributed by atoms with van der Waals surface area (Å²) in [4.78, 5) is 0. The first kappa shape index (κ1) is 11.0. The number of hydrogen-bond donors (Lipinski definition) is 1. The molecule has 0 fully saturated rings. The molecule has 0 amide bonds. The van der Waals surface area contributed by atoms with Crippen LogP contribution in [0.2, 0.25) is 0 Å². The lowest BCUT2D eigenvalue weighted by atomic mass is 10.1. The zero-order valence-electron chi connectivity index (χ0n) is 6.72. The molecule has 0 saturated heterocycles. The third kappa shape index (κ3) is 2.47. The first-order chi connectivity index (χ1) is 6.45. The molecule has 14 heavy (non-hydrogen) atoms. The number of oxime groups is 1. The summed E-state index contributed by atoms with van der Waals surface area (Å²) in [6.45, 7) is 0. The van der Waals surface area contributed by atoms with Crippen LogP contribution < -0.4 is 0 Å². The molecule has 0 atom stereocenters. The zero-order valence-corrected chi connectivity index (χ0v) is 8.30. The van der Waals surface area contributed by atoms with Crippen molar-refractivity contribution in [1.29, 1.82) is 0 Å². The molecule has 0 aromatic heterocycles. The number of hydrogen-bond acceptors (Lipinski definition) is 2. The first-order valence-electron chi connectivity index (χ1n) is 3.49. The average molecular weight is 268 g/mol. The van der Waals surface area contributed by atoms with E-state index in [1.165, 1.54) is 12.1 Å². The average Bonchev–Trinajstić information content (AvgIpc) is 2.07. The van der Waals surface area contributed by atoms with Crippen LogP contribution in [0.5, 0.6) is 0 Å². The van der Waals surface area contributed by atoms with Crippen molar-refractivity contribution in [2.24, 2.45) is 5.16 Å². The number of rotatable bonds is 1. The summed E-state index contributed by atoms with van der Waals surface area (Å²) in [5.41, 5.74) is -1.02. The van der Waals surface area contributed by atoms with E-state index < -0.39 is 11.7 Å². The van der Waals surface area contributed by atoms with Gasteiger partial charge in [0, 0.05) is 10.0 Å². The number of alkyl halides is 3. The quantitative estimate of drug-likeness (QED) is 0.473. The van der Waals surface area contributed by atoms with Gasteiger partial charge in [-0.2, -0.15) is 13.2 Å². The van der Waals surface area contributed by atoms with Gasteiger partial charge in [0.05, 0.1) is 11.8 Å². The molecule has 76 valence electrons. The minimum atomic E-state index is -4.46. The number of benzene rings is 1. The molecule has 6 heteroatoms. The molecule has 0 heterocycles. The molecule has 1 aromatic carbocycles. The third-order valence-electron chi connectivity index (χ3n) is 1.52. The highest BCUT2D eigenvalue weighted by Crippen LogP contribution is 2.33. The molecule has 0 saturated carbocycles. The molecule has 0 aliphatic heterocycles. The first-order valence-corrected chi connectivity index (χ1v) is 4.28. The lowest BCUT2D eigenvalue weighted by molar-refractivity contribution is -0.137. The molecular formula is C8H5BrF3NO. The molecule has 1 rings (SSSR count). The molecule has 0 aliphatic rings. The van der Waals surface area contributed by atoms with Crippen LogP contribution in [-0.2, 0) is 6.18 Å². The van der Waals surface area contributed by atoms with Gasteiger partial charge in [0.2, 0.25) is 0 Å². The van der Waals surface area contributed by atoms with Crippen molar-refractivity contribution in [2.75, 3.05) is 0 Å². The summed E-state index contributed by atoms with van der Waals surface area (Å²) in [5.74, 6) is 0. The Morgan fingerprint density at radius 1 is 1.36 bits per heavy atom. The van der Waals surface area contributed by atoms with Gasteiger partial charge in [-0.15, -0.1) is 0 Å². The Labute approximate surface area is 86.2 Å². The lowest BCUT2D eigenvalue weighted by Crippen LogP contribution is -2.08. The van der Waals surface area contributed by atoms with Crippen molar-refractivity contribution in [3.63, 3.8) is 0 Å². The Morgan fingerprint density at radius 3 is 2.50 bits per heavy atom. The van der Waals surface area contributed by atoms with Crippen LogP contribution in [0.15, 0.2) is 27.8 Å². The second-order valence-electron chi connectivity index (χ2n) is 2.47. The van der Waals surface area contributed by atoms with E-state index in [1.807, 2.05) is 0 Å². The zero-order chi connectivity index (χ0) is 10.8. The van der Waals surface area contributed by atoms with E-state index in [-0.39, 0.29) is 5.56 Å². The monoisotopic (exact) mass is 267 g/mol. The highest BCUT2D eigenvalue weighted by atomic mass is 79.9. The Morgan fingerprint density at radius 2 is 2.00 bits per heavy atom. The molecule has 0 bridgehead atoms. The summed E-state index contributed by atoms with van der Waals surface area (Å²) < 4.78 is 37.5. The maximum atomic E-state index is 12.4. The standard InChI is InChI=1S/C8H5BrF3NO/c9-6-2-1-5(4-13-14)7(3-6)8(10,11)12/h1-4,14H/b13-4+. The fraction of sp³-hybridized carbons (Fsp3) is 0.125. The SMILES string of the molecule is O/N=C/c1ccc(Br)cc1C(F)(F)F. The van der Waals surface area contributed by atoms with E-state index in [9.17, 15) is 13.2 Å². The van der Waals surface area contributed by atoms with E-state index in [4.69, 9.17) is 5.21 Å². The van der Waals surface area contributed by atoms with E-state index in [2.05, 4.69) is 21.1 Å². The van der Waals surface area contributed by atoms with Gasteiger partial charge < -0.3 is 5.21 Å². The van der Waals surface area contributed by atoms with Crippen molar-refractivity contribution in [2.45, 2.75) is 6.18 Å². The fourth-order valence-electron chi connectivity index (χ4n) is 0.949. The van der Waals surface area contributed by atoms with Crippen LogP contribution in [0.3, 0.4) is 0 Å². The van der Waals surface area contributed by atoms with Crippen molar-refractivity contribution >= 4 is 22.1 Å². The Kier molecular flexibility index (Phi) is 3.15. The molecule has 1 N–H and O–H groups in total. The molecule has 2 nitrogen and oxygen atoms in total. The van der Waals surface area contributed by atoms with Crippen LogP contribution in [0.1, 0.15) is 11.1 Å². The summed E-state index contributed by atoms with van der Waals surface area (Å²) in [6.07, 6.45) is -3.71. The van der Waals surface area contributed by atoms with E-state index >= 15 is 0 Å². The van der Waals surface area contributed by atoms with Gasteiger partial charge in [-0.25, -0.2) is 0 Å². The summed E-state index contributed by atoms with van der Waals surface area (Å²) in [6, 6.07) is 3.58. The Balaban J connectivity index is 3.30. The molecule has 0 radical (unpaired) electrons. The van der Waals surface area contributed by atoms with Gasteiger partial charge in [0.25, 0.3) is 0 Å². The highest BCUT2D eigenvalue weighted by molar-refractivity contribution is 9.10. The summed E-state index contributed by atoms with van der Waals surface area (Å²) in [5, 5.41) is 10.7. The molecular weight excluding hydrogens is 263 g/mol. The predicted molar refractivity (Wildman–Crippen MR) is 48.5 cm³/mol. The largest absolute Gasteiger partial charge is 0.417 e. The van der Waals surface area contributed by atoms with Gasteiger partial charge in [-0.05, 0) is 12.1 Å². The van der Waals surface area contributed by atoms with Gasteiger partial charge in [-0.1, -0.05) is 27.2 Å². The molecule has 1 aromatic rings. The van der Waals surface area contributed by atoms with Crippen molar-refractivity contribution in [1.82, 2.24) is 0 Å².